The number of unbranched alkanes of at least 4 members (excludes halogenated alkanes) is 1. The van der Waals surface area contributed by atoms with Gasteiger partial charge in [-0.25, -0.2) is 0 Å². The van der Waals surface area contributed by atoms with Crippen LogP contribution < -0.4 is 0 Å². The van der Waals surface area contributed by atoms with E-state index in [1.54, 1.807) is 25.8 Å². The highest BCUT2D eigenvalue weighted by atomic mass is 16.5. The Morgan fingerprint density at radius 2 is 1.70 bits per heavy atom. The molecular weight excluding hydrogens is 292 g/mol. The first-order valence-corrected chi connectivity index (χ1v) is 8.21. The van der Waals surface area contributed by atoms with Gasteiger partial charge in [0, 0.05) is 20.2 Å². The molecule has 0 radical (unpaired) electrons. The smallest absolute Gasteiger partial charge is 0.245 e. The SMILES string of the molecule is C[C@H]1C(=O)N(CCCCOCc2ccccc2)[C@@H](C)C(=O)N1C. The topological polar surface area (TPSA) is 49.9 Å². The zero-order valence-corrected chi connectivity index (χ0v) is 14.2. The van der Waals surface area contributed by atoms with Crippen molar-refractivity contribution < 1.29 is 14.3 Å². The molecule has 1 heterocycles. The summed E-state index contributed by atoms with van der Waals surface area (Å²) in [7, 11) is 1.69. The van der Waals surface area contributed by atoms with Crippen LogP contribution in [0.25, 0.3) is 0 Å². The van der Waals surface area contributed by atoms with E-state index in [2.05, 4.69) is 0 Å². The van der Waals surface area contributed by atoms with Crippen LogP contribution >= 0.6 is 0 Å². The summed E-state index contributed by atoms with van der Waals surface area (Å²) in [5.74, 6) is 0.0437. The van der Waals surface area contributed by atoms with Gasteiger partial charge >= 0.3 is 0 Å². The van der Waals surface area contributed by atoms with E-state index in [0.29, 0.717) is 19.8 Å². The predicted octanol–water partition coefficient (Wildman–Crippen LogP) is 2.06. The predicted molar refractivity (Wildman–Crippen MR) is 88.7 cm³/mol. The maximum atomic E-state index is 12.3. The number of likely N-dealkylation sites (N-methyl/N-ethyl adjacent to an activating group) is 1. The molecule has 1 aromatic rings. The Morgan fingerprint density at radius 1 is 1.00 bits per heavy atom. The van der Waals surface area contributed by atoms with Gasteiger partial charge in [-0.1, -0.05) is 30.3 Å². The van der Waals surface area contributed by atoms with Gasteiger partial charge in [0.15, 0.2) is 0 Å². The van der Waals surface area contributed by atoms with E-state index < -0.39 is 0 Å². The number of carbonyl (C=O) groups excluding carboxylic acids is 2. The molecule has 1 fully saturated rings. The van der Waals surface area contributed by atoms with Gasteiger partial charge in [-0.2, -0.15) is 0 Å². The Morgan fingerprint density at radius 3 is 2.39 bits per heavy atom. The number of hydrogen-bond donors (Lipinski definition) is 0. The van der Waals surface area contributed by atoms with E-state index in [9.17, 15) is 9.59 Å². The summed E-state index contributed by atoms with van der Waals surface area (Å²) >= 11 is 0. The molecule has 0 spiro atoms. The molecule has 0 N–H and O–H groups in total. The molecule has 1 saturated heterocycles. The summed E-state index contributed by atoms with van der Waals surface area (Å²) in [6.45, 7) is 5.46. The van der Waals surface area contributed by atoms with Crippen LogP contribution in [-0.2, 0) is 20.9 Å². The molecule has 2 atom stereocenters. The third-order valence-corrected chi connectivity index (χ3v) is 4.44. The Kier molecular flexibility index (Phi) is 6.16. The lowest BCUT2D eigenvalue weighted by molar-refractivity contribution is -0.158. The molecule has 126 valence electrons. The fourth-order valence-corrected chi connectivity index (χ4v) is 2.77. The first kappa shape index (κ1) is 17.5. The molecule has 0 unspecified atom stereocenters. The van der Waals surface area contributed by atoms with Crippen molar-refractivity contribution in [1.82, 2.24) is 9.80 Å². The number of rotatable bonds is 7. The van der Waals surface area contributed by atoms with Crippen molar-refractivity contribution in [2.24, 2.45) is 0 Å². The third kappa shape index (κ3) is 4.32. The van der Waals surface area contributed by atoms with Crippen molar-refractivity contribution in [3.8, 4) is 0 Å². The molecule has 0 aromatic heterocycles. The third-order valence-electron chi connectivity index (χ3n) is 4.44. The number of carbonyl (C=O) groups is 2. The monoisotopic (exact) mass is 318 g/mol. The highest BCUT2D eigenvalue weighted by Crippen LogP contribution is 2.17. The lowest BCUT2D eigenvalue weighted by atomic mass is 10.1. The van der Waals surface area contributed by atoms with Crippen molar-refractivity contribution in [1.29, 1.82) is 0 Å². The van der Waals surface area contributed by atoms with Crippen molar-refractivity contribution in [3.05, 3.63) is 35.9 Å². The van der Waals surface area contributed by atoms with Gasteiger partial charge in [-0.15, -0.1) is 0 Å². The summed E-state index contributed by atoms with van der Waals surface area (Å²) < 4.78 is 5.64. The average molecular weight is 318 g/mol. The lowest BCUT2D eigenvalue weighted by Gasteiger charge is -2.41. The highest BCUT2D eigenvalue weighted by molar-refractivity contribution is 5.96. The Hall–Kier alpha value is -1.88. The van der Waals surface area contributed by atoms with Crippen LogP contribution in [0.2, 0.25) is 0 Å². The zero-order chi connectivity index (χ0) is 16.8. The zero-order valence-electron chi connectivity index (χ0n) is 14.2. The molecule has 5 heteroatoms. The van der Waals surface area contributed by atoms with Gasteiger partial charge in [0.2, 0.25) is 11.8 Å². The number of amides is 2. The lowest BCUT2D eigenvalue weighted by Crippen LogP contribution is -2.61. The van der Waals surface area contributed by atoms with Gasteiger partial charge < -0.3 is 14.5 Å². The second kappa shape index (κ2) is 8.11. The quantitative estimate of drug-likeness (QED) is 0.723. The second-order valence-corrected chi connectivity index (χ2v) is 6.08. The first-order chi connectivity index (χ1) is 11.0. The van der Waals surface area contributed by atoms with Crippen LogP contribution in [0.1, 0.15) is 32.3 Å². The summed E-state index contributed by atoms with van der Waals surface area (Å²) in [6.07, 6.45) is 1.72. The molecular formula is C18H26N2O3. The minimum atomic E-state index is -0.368. The molecule has 2 rings (SSSR count). The summed E-state index contributed by atoms with van der Waals surface area (Å²) in [5.41, 5.74) is 1.16. The molecule has 1 aliphatic rings. The number of hydrogen-bond acceptors (Lipinski definition) is 3. The molecule has 0 aliphatic carbocycles. The van der Waals surface area contributed by atoms with Gasteiger partial charge in [0.05, 0.1) is 6.61 Å². The van der Waals surface area contributed by atoms with Crippen LogP contribution in [0.15, 0.2) is 30.3 Å². The van der Waals surface area contributed by atoms with Gasteiger partial charge in [0.1, 0.15) is 12.1 Å². The molecule has 1 aliphatic heterocycles. The number of ether oxygens (including phenoxy) is 1. The standard InChI is InChI=1S/C18H26N2O3/c1-14-18(22)20(15(2)17(21)19(14)3)11-7-8-12-23-13-16-9-5-4-6-10-16/h4-6,9-10,14-15H,7-8,11-13H2,1-3H3/t14-,15-/m0/s1. The molecule has 2 amide bonds. The maximum absolute atomic E-state index is 12.3. The van der Waals surface area contributed by atoms with E-state index in [-0.39, 0.29) is 23.9 Å². The van der Waals surface area contributed by atoms with Gasteiger partial charge in [-0.3, -0.25) is 9.59 Å². The van der Waals surface area contributed by atoms with Crippen LogP contribution in [0.3, 0.4) is 0 Å². The van der Waals surface area contributed by atoms with E-state index in [1.807, 2.05) is 30.3 Å². The van der Waals surface area contributed by atoms with E-state index >= 15 is 0 Å². The molecule has 0 bridgehead atoms. The highest BCUT2D eigenvalue weighted by Gasteiger charge is 2.39. The number of benzene rings is 1. The van der Waals surface area contributed by atoms with Crippen LogP contribution in [0.5, 0.6) is 0 Å². The van der Waals surface area contributed by atoms with E-state index in [1.165, 1.54) is 4.90 Å². The fraction of sp³-hybridized carbons (Fsp3) is 0.556. The van der Waals surface area contributed by atoms with Crippen molar-refractivity contribution >= 4 is 11.8 Å². The summed E-state index contributed by atoms with van der Waals surface area (Å²) in [4.78, 5) is 27.6. The molecule has 0 saturated carbocycles. The van der Waals surface area contributed by atoms with Crippen molar-refractivity contribution in [2.45, 2.75) is 45.4 Å². The van der Waals surface area contributed by atoms with Gasteiger partial charge in [0.25, 0.3) is 0 Å². The summed E-state index contributed by atoms with van der Waals surface area (Å²) in [5, 5.41) is 0. The minimum Gasteiger partial charge on any atom is -0.377 e. The number of piperazine rings is 1. The van der Waals surface area contributed by atoms with Crippen LogP contribution in [-0.4, -0.2) is 53.9 Å². The molecule has 5 nitrogen and oxygen atoms in total. The Balaban J connectivity index is 1.69. The Labute approximate surface area is 138 Å². The molecule has 23 heavy (non-hydrogen) atoms. The van der Waals surface area contributed by atoms with Crippen molar-refractivity contribution in [3.63, 3.8) is 0 Å². The van der Waals surface area contributed by atoms with E-state index in [4.69, 9.17) is 4.74 Å². The first-order valence-electron chi connectivity index (χ1n) is 8.21. The van der Waals surface area contributed by atoms with Crippen molar-refractivity contribution in [2.75, 3.05) is 20.2 Å². The largest absolute Gasteiger partial charge is 0.377 e. The number of nitrogens with zero attached hydrogens (tertiary/aromatic N) is 2. The van der Waals surface area contributed by atoms with Crippen LogP contribution in [0.4, 0.5) is 0 Å². The fourth-order valence-electron chi connectivity index (χ4n) is 2.77. The average Bonchev–Trinajstić information content (AvgIpc) is 2.58. The normalized spacial score (nSPS) is 21.9. The Bertz CT molecular complexity index is 532. The van der Waals surface area contributed by atoms with Crippen LogP contribution in [0, 0.1) is 0 Å². The molecule has 1 aromatic carbocycles. The second-order valence-electron chi connectivity index (χ2n) is 6.08. The maximum Gasteiger partial charge on any atom is 0.245 e. The summed E-state index contributed by atoms with van der Waals surface area (Å²) in [6, 6.07) is 9.32. The minimum absolute atomic E-state index is 0.0115. The van der Waals surface area contributed by atoms with Gasteiger partial charge in [-0.05, 0) is 32.3 Å². The van der Waals surface area contributed by atoms with E-state index in [0.717, 1.165) is 18.4 Å².